The molecule has 0 amide bonds. The van der Waals surface area contributed by atoms with E-state index in [0.717, 1.165) is 22.2 Å². The summed E-state index contributed by atoms with van der Waals surface area (Å²) in [6.07, 6.45) is 4.49. The molecule has 18 heavy (non-hydrogen) atoms. The van der Waals surface area contributed by atoms with Gasteiger partial charge < -0.3 is 0 Å². The number of alkyl halides is 1. The first-order valence-electron chi connectivity index (χ1n) is 6.05. The van der Waals surface area contributed by atoms with Crippen LogP contribution in [0.4, 0.5) is 0 Å². The molecule has 5 heteroatoms. The summed E-state index contributed by atoms with van der Waals surface area (Å²) >= 11 is 3.32. The van der Waals surface area contributed by atoms with E-state index in [1.807, 2.05) is 24.3 Å². The summed E-state index contributed by atoms with van der Waals surface area (Å²) in [6, 6.07) is 7.84. The maximum absolute atomic E-state index is 6.76. The molecule has 0 aromatic heterocycles. The second-order valence-corrected chi connectivity index (χ2v) is 18.7. The van der Waals surface area contributed by atoms with Crippen LogP contribution in [0.1, 0.15) is 25.7 Å². The normalized spacial score (nSPS) is 25.8. The number of hydrogen-bond donors (Lipinski definition) is 0. The molecule has 2 rings (SSSR count). The third kappa shape index (κ3) is 3.22. The second kappa shape index (κ2) is 6.42. The predicted octanol–water partition coefficient (Wildman–Crippen LogP) is 4.37. The van der Waals surface area contributed by atoms with Gasteiger partial charge in [-0.25, -0.2) is 0 Å². The van der Waals surface area contributed by atoms with Gasteiger partial charge in [0, 0.05) is 0 Å². The monoisotopic (exact) mass is 424 g/mol. The Morgan fingerprint density at radius 2 is 1.72 bits per heavy atom. The topological polar surface area (TPSA) is 9.23 Å². The Hall–Kier alpha value is 0.680. The molecular weight excluding hydrogens is 406 g/mol. The van der Waals surface area contributed by atoms with Crippen molar-refractivity contribution in [1.29, 1.82) is 0 Å². The number of benzene rings is 1. The molecule has 102 valence electrons. The van der Waals surface area contributed by atoms with E-state index in [0.29, 0.717) is 3.97 Å². The maximum atomic E-state index is 6.76. The van der Waals surface area contributed by atoms with Gasteiger partial charge in [-0.1, -0.05) is 0 Å². The Balaban J connectivity index is 2.22. The van der Waals surface area contributed by atoms with Crippen LogP contribution in [0.15, 0.2) is 24.3 Å². The van der Waals surface area contributed by atoms with Crippen molar-refractivity contribution in [3.63, 3.8) is 0 Å². The summed E-state index contributed by atoms with van der Waals surface area (Å²) in [4.78, 5) is 0. The van der Waals surface area contributed by atoms with Gasteiger partial charge in [0.2, 0.25) is 0 Å². The minimum absolute atomic E-state index is 0.136. The first-order chi connectivity index (χ1) is 8.55. The third-order valence-electron chi connectivity index (χ3n) is 3.38. The zero-order valence-electron chi connectivity index (χ0n) is 10.2. The van der Waals surface area contributed by atoms with Crippen LogP contribution in [-0.2, 0) is 0 Å². The number of rotatable bonds is 3. The summed E-state index contributed by atoms with van der Waals surface area (Å²) in [6.45, 7) is 0. The minimum atomic E-state index is -3.11. The van der Waals surface area contributed by atoms with Gasteiger partial charge in [-0.2, -0.15) is 0 Å². The Labute approximate surface area is 125 Å². The molecule has 0 bridgehead atoms. The van der Waals surface area contributed by atoms with E-state index >= 15 is 0 Å². The van der Waals surface area contributed by atoms with Crippen molar-refractivity contribution in [2.45, 2.75) is 35.0 Å². The zero-order valence-corrected chi connectivity index (χ0v) is 14.8. The van der Waals surface area contributed by atoms with Crippen LogP contribution in [0.2, 0.25) is 3.97 Å². The van der Waals surface area contributed by atoms with Crippen molar-refractivity contribution < 1.29 is 4.74 Å². The van der Waals surface area contributed by atoms with Crippen LogP contribution in [0.25, 0.3) is 0 Å². The van der Waals surface area contributed by atoms with Gasteiger partial charge in [0.05, 0.1) is 0 Å². The fourth-order valence-corrected chi connectivity index (χ4v) is 13.8. The molecule has 1 aromatic rings. The van der Waals surface area contributed by atoms with Crippen LogP contribution >= 0.6 is 29.5 Å². The molecule has 1 aromatic carbocycles. The Morgan fingerprint density at radius 1 is 1.11 bits per heavy atom. The van der Waals surface area contributed by atoms with Crippen molar-refractivity contribution in [2.75, 3.05) is 7.11 Å². The third-order valence-corrected chi connectivity index (χ3v) is 16.2. The van der Waals surface area contributed by atoms with Crippen LogP contribution in [0.5, 0.6) is 5.75 Å². The van der Waals surface area contributed by atoms with E-state index < -0.39 is 15.9 Å². The first-order valence-corrected chi connectivity index (χ1v) is 14.9. The molecule has 1 aliphatic rings. The van der Waals surface area contributed by atoms with E-state index in [1.165, 1.54) is 12.8 Å². The molecular formula is C13H17Cl3OTe. The van der Waals surface area contributed by atoms with Gasteiger partial charge in [-0.3, -0.25) is 0 Å². The van der Waals surface area contributed by atoms with Crippen molar-refractivity contribution in [2.24, 2.45) is 0 Å². The predicted molar refractivity (Wildman–Crippen MR) is 81.9 cm³/mol. The number of hydrogen-bond acceptors (Lipinski definition) is 1. The Kier molecular flexibility index (Phi) is 5.38. The van der Waals surface area contributed by atoms with E-state index in [-0.39, 0.29) is 5.38 Å². The molecule has 0 unspecified atom stereocenters. The van der Waals surface area contributed by atoms with Gasteiger partial charge >= 0.3 is 126 Å². The molecule has 0 radical (unpaired) electrons. The quantitative estimate of drug-likeness (QED) is 0.518. The van der Waals surface area contributed by atoms with Gasteiger partial charge in [0.15, 0.2) is 0 Å². The fourth-order valence-electron chi connectivity index (χ4n) is 2.32. The molecule has 2 atom stereocenters. The van der Waals surface area contributed by atoms with Crippen LogP contribution in [0.3, 0.4) is 0 Å². The van der Waals surface area contributed by atoms with Crippen molar-refractivity contribution >= 4 is 49.1 Å². The first kappa shape index (κ1) is 15.1. The number of halogens is 3. The molecule has 1 saturated carbocycles. The van der Waals surface area contributed by atoms with Gasteiger partial charge in [0.25, 0.3) is 0 Å². The van der Waals surface area contributed by atoms with Gasteiger partial charge in [-0.05, 0) is 0 Å². The number of methoxy groups -OCH3 is 1. The molecule has 1 aliphatic carbocycles. The van der Waals surface area contributed by atoms with Crippen LogP contribution in [0, 0.1) is 0 Å². The summed E-state index contributed by atoms with van der Waals surface area (Å²) in [5.41, 5.74) is 0. The second-order valence-electron chi connectivity index (χ2n) is 4.52. The molecule has 0 heterocycles. The molecule has 0 saturated heterocycles. The van der Waals surface area contributed by atoms with E-state index in [9.17, 15) is 0 Å². The standard InChI is InChI=1S/C13H17Cl3OTe/c1-17-10-6-8-11(9-7-10)18(15,16)13-5-3-2-4-12(13)14/h6-9,12-13H,2-5H2,1H3/t12-,13-/m1/s1. The molecule has 0 aliphatic heterocycles. The molecule has 0 spiro atoms. The Bertz CT molecular complexity index is 394. The SMILES string of the molecule is COc1ccc([Te](Cl)(Cl)[C@@H]2CCCC[C@H]2Cl)cc1. The molecule has 1 nitrogen and oxygen atoms in total. The molecule has 1 fully saturated rings. The summed E-state index contributed by atoms with van der Waals surface area (Å²) in [5, 5.41) is 0.136. The summed E-state index contributed by atoms with van der Waals surface area (Å²) in [7, 11) is 15.2. The average Bonchev–Trinajstić information content (AvgIpc) is 2.39. The van der Waals surface area contributed by atoms with Crippen molar-refractivity contribution in [3.05, 3.63) is 24.3 Å². The van der Waals surface area contributed by atoms with Gasteiger partial charge in [0.1, 0.15) is 0 Å². The zero-order chi connectivity index (χ0) is 13.2. The number of ether oxygens (including phenoxy) is 1. The Morgan fingerprint density at radius 3 is 2.28 bits per heavy atom. The van der Waals surface area contributed by atoms with Crippen LogP contribution < -0.4 is 8.35 Å². The van der Waals surface area contributed by atoms with Crippen LogP contribution in [-0.4, -0.2) is 28.4 Å². The van der Waals surface area contributed by atoms with E-state index in [2.05, 4.69) is 0 Å². The molecule has 0 N–H and O–H groups in total. The van der Waals surface area contributed by atoms with E-state index in [4.69, 9.17) is 34.3 Å². The van der Waals surface area contributed by atoms with Crippen molar-refractivity contribution in [1.82, 2.24) is 0 Å². The van der Waals surface area contributed by atoms with Gasteiger partial charge in [-0.15, -0.1) is 0 Å². The fraction of sp³-hybridized carbons (Fsp3) is 0.538. The summed E-state index contributed by atoms with van der Waals surface area (Å²) in [5.74, 6) is 0.830. The average molecular weight is 423 g/mol. The van der Waals surface area contributed by atoms with E-state index in [1.54, 1.807) is 7.11 Å². The summed E-state index contributed by atoms with van der Waals surface area (Å²) < 4.78 is 6.53. The van der Waals surface area contributed by atoms with Crippen molar-refractivity contribution in [3.8, 4) is 5.75 Å².